The number of nitrogens with zero attached hydrogens (tertiary/aromatic N) is 3. The minimum Gasteiger partial charge on any atom is -0.370 e. The van der Waals surface area contributed by atoms with Crippen LogP contribution in [0.4, 0.5) is 4.39 Å². The first-order valence-electron chi connectivity index (χ1n) is 8.09. The van der Waals surface area contributed by atoms with E-state index in [2.05, 4.69) is 9.97 Å². The van der Waals surface area contributed by atoms with Gasteiger partial charge in [-0.3, -0.25) is 4.79 Å². The fourth-order valence-corrected chi connectivity index (χ4v) is 2.95. The molecule has 0 bridgehead atoms. The minimum atomic E-state index is -0.291. The van der Waals surface area contributed by atoms with E-state index in [4.69, 9.17) is 4.74 Å². The summed E-state index contributed by atoms with van der Waals surface area (Å²) in [5.74, 6) is -0.441. The van der Waals surface area contributed by atoms with Crippen molar-refractivity contribution in [2.45, 2.75) is 6.10 Å². The second kappa shape index (κ2) is 6.57. The van der Waals surface area contributed by atoms with Gasteiger partial charge in [0.15, 0.2) is 5.65 Å². The lowest BCUT2D eigenvalue weighted by Crippen LogP contribution is -2.42. The van der Waals surface area contributed by atoms with E-state index in [0.29, 0.717) is 31.0 Å². The monoisotopic (exact) mass is 337 g/mol. The maximum absolute atomic E-state index is 13.1. The molecule has 0 aliphatic carbocycles. The first kappa shape index (κ1) is 15.7. The molecule has 0 N–H and O–H groups in total. The molecule has 0 radical (unpaired) electrons. The van der Waals surface area contributed by atoms with Gasteiger partial charge in [-0.05, 0) is 42.0 Å². The summed E-state index contributed by atoms with van der Waals surface area (Å²) in [4.78, 5) is 23.1. The predicted octanol–water partition coefficient (Wildman–Crippen LogP) is 2.98. The highest BCUT2D eigenvalue weighted by Gasteiger charge is 2.27. The molecule has 0 unspecified atom stereocenters. The molecule has 6 heteroatoms. The van der Waals surface area contributed by atoms with Crippen molar-refractivity contribution in [2.75, 3.05) is 19.7 Å². The number of halogens is 1. The Labute approximate surface area is 144 Å². The van der Waals surface area contributed by atoms with Gasteiger partial charge in [0.25, 0.3) is 5.91 Å². The summed E-state index contributed by atoms with van der Waals surface area (Å²) in [6, 6.07) is 13.5. The highest BCUT2D eigenvalue weighted by molar-refractivity contribution is 5.94. The van der Waals surface area contributed by atoms with Gasteiger partial charge in [-0.15, -0.1) is 0 Å². The third kappa shape index (κ3) is 3.21. The Kier molecular flexibility index (Phi) is 4.11. The summed E-state index contributed by atoms with van der Waals surface area (Å²) >= 11 is 0. The molecule has 4 rings (SSSR count). The van der Waals surface area contributed by atoms with Gasteiger partial charge in [0.2, 0.25) is 0 Å². The number of carbonyl (C=O) groups is 1. The number of aromatic nitrogens is 2. The zero-order valence-electron chi connectivity index (χ0n) is 13.4. The van der Waals surface area contributed by atoms with Crippen LogP contribution in [0.5, 0.6) is 0 Å². The van der Waals surface area contributed by atoms with Crippen molar-refractivity contribution in [1.82, 2.24) is 14.9 Å². The van der Waals surface area contributed by atoms with E-state index in [1.54, 1.807) is 29.3 Å². The van der Waals surface area contributed by atoms with Crippen LogP contribution in [0.3, 0.4) is 0 Å². The largest absolute Gasteiger partial charge is 0.370 e. The van der Waals surface area contributed by atoms with Crippen LogP contribution < -0.4 is 0 Å². The van der Waals surface area contributed by atoms with Gasteiger partial charge >= 0.3 is 0 Å². The lowest BCUT2D eigenvalue weighted by molar-refractivity contribution is -0.0230. The van der Waals surface area contributed by atoms with E-state index in [9.17, 15) is 9.18 Å². The second-order valence-corrected chi connectivity index (χ2v) is 5.91. The van der Waals surface area contributed by atoms with E-state index in [1.165, 1.54) is 12.1 Å². The highest BCUT2D eigenvalue weighted by Crippen LogP contribution is 2.23. The normalized spacial score (nSPS) is 17.6. The summed E-state index contributed by atoms with van der Waals surface area (Å²) in [5.41, 5.74) is 1.77. The quantitative estimate of drug-likeness (QED) is 0.721. The predicted molar refractivity (Wildman–Crippen MR) is 90.5 cm³/mol. The zero-order valence-corrected chi connectivity index (χ0v) is 13.4. The summed E-state index contributed by atoms with van der Waals surface area (Å²) in [6.45, 7) is 1.34. The molecular weight excluding hydrogens is 321 g/mol. The van der Waals surface area contributed by atoms with Crippen LogP contribution in [-0.4, -0.2) is 40.5 Å². The number of pyridine rings is 2. The van der Waals surface area contributed by atoms with Gasteiger partial charge in [-0.2, -0.15) is 0 Å². The lowest BCUT2D eigenvalue weighted by Gasteiger charge is -2.33. The molecule has 126 valence electrons. The van der Waals surface area contributed by atoms with Crippen molar-refractivity contribution in [3.8, 4) is 0 Å². The Bertz CT molecular complexity index is 914. The number of carbonyl (C=O) groups excluding carboxylic acids is 1. The molecule has 2 aromatic heterocycles. The molecule has 1 fully saturated rings. The van der Waals surface area contributed by atoms with E-state index in [0.717, 1.165) is 10.9 Å². The number of amides is 1. The van der Waals surface area contributed by atoms with Crippen LogP contribution in [0.15, 0.2) is 54.7 Å². The van der Waals surface area contributed by atoms with Gasteiger partial charge in [0.1, 0.15) is 17.6 Å². The Morgan fingerprint density at radius 2 is 2.00 bits per heavy atom. The maximum Gasteiger partial charge on any atom is 0.272 e. The van der Waals surface area contributed by atoms with Crippen molar-refractivity contribution in [2.24, 2.45) is 0 Å². The minimum absolute atomic E-state index is 0.150. The fraction of sp³-hybridized carbons (Fsp3) is 0.211. The van der Waals surface area contributed by atoms with Crippen LogP contribution in [0.25, 0.3) is 11.0 Å². The third-order valence-electron chi connectivity index (χ3n) is 4.28. The number of morpholine rings is 1. The van der Waals surface area contributed by atoms with Gasteiger partial charge in [0, 0.05) is 18.1 Å². The maximum atomic E-state index is 13.1. The van der Waals surface area contributed by atoms with E-state index >= 15 is 0 Å². The topological polar surface area (TPSA) is 55.3 Å². The van der Waals surface area contributed by atoms with Crippen molar-refractivity contribution in [3.05, 3.63) is 71.8 Å². The van der Waals surface area contributed by atoms with E-state index < -0.39 is 0 Å². The second-order valence-electron chi connectivity index (χ2n) is 5.91. The van der Waals surface area contributed by atoms with E-state index in [-0.39, 0.29) is 17.8 Å². The number of fused-ring (bicyclic) bond motifs is 1. The molecule has 3 aromatic rings. The number of rotatable bonds is 2. The van der Waals surface area contributed by atoms with Crippen molar-refractivity contribution in [3.63, 3.8) is 0 Å². The molecule has 1 aliphatic rings. The molecule has 1 aliphatic heterocycles. The SMILES string of the molecule is O=C(c1ccc2cccnc2n1)N1CCO[C@H](c2ccc(F)cc2)C1. The van der Waals surface area contributed by atoms with E-state index in [1.807, 2.05) is 18.2 Å². The molecule has 5 nitrogen and oxygen atoms in total. The molecule has 0 saturated carbocycles. The zero-order chi connectivity index (χ0) is 17.2. The van der Waals surface area contributed by atoms with Gasteiger partial charge in [-0.25, -0.2) is 14.4 Å². The standard InChI is InChI=1S/C19H16FN3O2/c20-15-6-3-13(4-7-15)17-12-23(10-11-25-17)19(24)16-8-5-14-2-1-9-21-18(14)22-16/h1-9,17H,10-12H2/t17-/m0/s1. The van der Waals surface area contributed by atoms with Crippen LogP contribution in [0.1, 0.15) is 22.2 Å². The van der Waals surface area contributed by atoms with Gasteiger partial charge < -0.3 is 9.64 Å². The Hall–Kier alpha value is -2.86. The molecular formula is C19H16FN3O2. The molecule has 3 heterocycles. The summed E-state index contributed by atoms with van der Waals surface area (Å²) in [5, 5.41) is 0.894. The number of ether oxygens (including phenoxy) is 1. The summed E-state index contributed by atoms with van der Waals surface area (Å²) < 4.78 is 18.8. The van der Waals surface area contributed by atoms with Crippen LogP contribution in [0.2, 0.25) is 0 Å². The molecule has 1 aromatic carbocycles. The molecule has 25 heavy (non-hydrogen) atoms. The van der Waals surface area contributed by atoms with Crippen LogP contribution in [0, 0.1) is 5.82 Å². The van der Waals surface area contributed by atoms with Crippen molar-refractivity contribution in [1.29, 1.82) is 0 Å². The van der Waals surface area contributed by atoms with Crippen molar-refractivity contribution >= 4 is 16.9 Å². The Balaban J connectivity index is 1.55. The smallest absolute Gasteiger partial charge is 0.272 e. The molecule has 1 amide bonds. The molecule has 0 spiro atoms. The first-order chi connectivity index (χ1) is 12.2. The van der Waals surface area contributed by atoms with Gasteiger partial charge in [-0.1, -0.05) is 12.1 Å². The lowest BCUT2D eigenvalue weighted by atomic mass is 10.1. The number of hydrogen-bond donors (Lipinski definition) is 0. The third-order valence-corrected chi connectivity index (χ3v) is 4.28. The Morgan fingerprint density at radius 1 is 1.16 bits per heavy atom. The number of benzene rings is 1. The Morgan fingerprint density at radius 3 is 2.84 bits per heavy atom. The summed E-state index contributed by atoms with van der Waals surface area (Å²) in [6.07, 6.45) is 1.39. The average Bonchev–Trinajstić information content (AvgIpc) is 2.68. The first-order valence-corrected chi connectivity index (χ1v) is 8.09. The molecule has 1 saturated heterocycles. The van der Waals surface area contributed by atoms with Gasteiger partial charge in [0.05, 0.1) is 13.2 Å². The summed E-state index contributed by atoms with van der Waals surface area (Å²) in [7, 11) is 0. The van der Waals surface area contributed by atoms with Crippen LogP contribution in [-0.2, 0) is 4.74 Å². The van der Waals surface area contributed by atoms with Crippen molar-refractivity contribution < 1.29 is 13.9 Å². The highest BCUT2D eigenvalue weighted by atomic mass is 19.1. The fourth-order valence-electron chi connectivity index (χ4n) is 2.95. The molecule has 1 atom stereocenters. The number of hydrogen-bond acceptors (Lipinski definition) is 4. The average molecular weight is 337 g/mol. The van der Waals surface area contributed by atoms with Crippen LogP contribution >= 0.6 is 0 Å².